The standard InChI is InChI=1S/C30H39ClN2O6/c1-29(2)38-26-19-30(37-21-23-9-6-10-24(31)17-23,28(34)32-11-12-33-13-15-35-16-14-33)18-25(27(26)39-29)36-20-22-7-4-3-5-8-22/h3-10,17,25-27H,11-16,18-21H2,1-2H3,(H,32,34)/t25-,26+,27-,30+/m0/s1. The highest BCUT2D eigenvalue weighted by Gasteiger charge is 2.58. The number of rotatable bonds is 10. The van der Waals surface area contributed by atoms with Gasteiger partial charge in [-0.1, -0.05) is 54.1 Å². The second-order valence-corrected chi connectivity index (χ2v) is 11.4. The van der Waals surface area contributed by atoms with Gasteiger partial charge in [0, 0.05) is 44.0 Å². The SMILES string of the molecule is CC1(C)O[C@H]2[C@@H](OCc3ccccc3)C[C@](OCc3cccc(Cl)c3)(C(=O)NCCN3CCOCC3)C[C@H]2O1. The number of carbonyl (C=O) groups is 1. The maximum Gasteiger partial charge on any atom is 0.252 e. The number of halogens is 1. The molecule has 2 aromatic rings. The van der Waals surface area contributed by atoms with E-state index < -0.39 is 17.5 Å². The smallest absolute Gasteiger partial charge is 0.252 e. The van der Waals surface area contributed by atoms with Crippen LogP contribution in [0.3, 0.4) is 0 Å². The lowest BCUT2D eigenvalue weighted by atomic mass is 9.78. The van der Waals surface area contributed by atoms with Crippen LogP contribution in [0.2, 0.25) is 5.02 Å². The molecule has 4 atom stereocenters. The fourth-order valence-electron chi connectivity index (χ4n) is 5.65. The predicted molar refractivity (Wildman–Crippen MR) is 147 cm³/mol. The normalized spacial score (nSPS) is 28.6. The van der Waals surface area contributed by atoms with E-state index in [4.69, 9.17) is 35.3 Å². The molecular formula is C30H39ClN2O6. The van der Waals surface area contributed by atoms with E-state index in [1.54, 1.807) is 0 Å². The second-order valence-electron chi connectivity index (χ2n) is 11.0. The van der Waals surface area contributed by atoms with Crippen molar-refractivity contribution in [2.75, 3.05) is 39.4 Å². The van der Waals surface area contributed by atoms with Gasteiger partial charge >= 0.3 is 0 Å². The van der Waals surface area contributed by atoms with Crippen molar-refractivity contribution in [3.63, 3.8) is 0 Å². The quantitative estimate of drug-likeness (QED) is 0.473. The van der Waals surface area contributed by atoms with Crippen molar-refractivity contribution in [1.82, 2.24) is 10.2 Å². The van der Waals surface area contributed by atoms with Crippen LogP contribution in [0.5, 0.6) is 0 Å². The topological polar surface area (TPSA) is 78.5 Å². The molecule has 39 heavy (non-hydrogen) atoms. The monoisotopic (exact) mass is 558 g/mol. The number of ether oxygens (including phenoxy) is 5. The number of hydrogen-bond acceptors (Lipinski definition) is 7. The van der Waals surface area contributed by atoms with Crippen LogP contribution in [0.25, 0.3) is 0 Å². The number of fused-ring (bicyclic) bond motifs is 1. The van der Waals surface area contributed by atoms with Crippen molar-refractivity contribution in [3.8, 4) is 0 Å². The molecule has 1 N–H and O–H groups in total. The Morgan fingerprint density at radius 3 is 2.56 bits per heavy atom. The predicted octanol–water partition coefficient (Wildman–Crippen LogP) is 3.94. The minimum atomic E-state index is -1.15. The molecule has 0 spiro atoms. The molecule has 212 valence electrons. The van der Waals surface area contributed by atoms with E-state index >= 15 is 0 Å². The van der Waals surface area contributed by atoms with Crippen LogP contribution in [0.4, 0.5) is 0 Å². The maximum absolute atomic E-state index is 14.0. The van der Waals surface area contributed by atoms with Crippen LogP contribution in [-0.4, -0.2) is 79.9 Å². The Labute approximate surface area is 235 Å². The Kier molecular flexibility index (Phi) is 9.23. The molecule has 9 heteroatoms. The molecular weight excluding hydrogens is 520 g/mol. The van der Waals surface area contributed by atoms with E-state index in [0.29, 0.717) is 31.0 Å². The Morgan fingerprint density at radius 2 is 1.79 bits per heavy atom. The van der Waals surface area contributed by atoms with Crippen LogP contribution in [0.15, 0.2) is 54.6 Å². The average Bonchev–Trinajstić information content (AvgIpc) is 3.25. The first kappa shape index (κ1) is 28.5. The van der Waals surface area contributed by atoms with Gasteiger partial charge in [-0.25, -0.2) is 0 Å². The Morgan fingerprint density at radius 1 is 1.03 bits per heavy atom. The van der Waals surface area contributed by atoms with Crippen molar-refractivity contribution in [2.24, 2.45) is 0 Å². The molecule has 8 nitrogen and oxygen atoms in total. The summed E-state index contributed by atoms with van der Waals surface area (Å²) in [7, 11) is 0. The third-order valence-electron chi connectivity index (χ3n) is 7.59. The number of hydrogen-bond donors (Lipinski definition) is 1. The number of nitrogens with zero attached hydrogens (tertiary/aromatic N) is 1. The Hall–Kier alpha value is -2.04. The molecule has 0 unspecified atom stereocenters. The van der Waals surface area contributed by atoms with E-state index in [9.17, 15) is 4.79 Å². The summed E-state index contributed by atoms with van der Waals surface area (Å²) in [5.41, 5.74) is 0.800. The Balaban J connectivity index is 1.35. The van der Waals surface area contributed by atoms with Crippen molar-refractivity contribution >= 4 is 17.5 Å². The highest BCUT2D eigenvalue weighted by atomic mass is 35.5. The van der Waals surface area contributed by atoms with E-state index in [0.717, 1.165) is 44.0 Å². The summed E-state index contributed by atoms with van der Waals surface area (Å²) in [5.74, 6) is -0.933. The van der Waals surface area contributed by atoms with Gasteiger partial charge in [-0.2, -0.15) is 0 Å². The summed E-state index contributed by atoms with van der Waals surface area (Å²) in [6, 6.07) is 17.5. The van der Waals surface area contributed by atoms with Gasteiger partial charge in [0.25, 0.3) is 5.91 Å². The number of carbonyl (C=O) groups excluding carboxylic acids is 1. The van der Waals surface area contributed by atoms with Gasteiger partial charge in [0.15, 0.2) is 11.4 Å². The number of nitrogens with one attached hydrogen (secondary N) is 1. The Bertz CT molecular complexity index is 1100. The minimum absolute atomic E-state index is 0.155. The summed E-state index contributed by atoms with van der Waals surface area (Å²) in [6.07, 6.45) is -0.317. The minimum Gasteiger partial charge on any atom is -0.379 e. The molecule has 3 aliphatic rings. The van der Waals surface area contributed by atoms with Gasteiger partial charge in [0.2, 0.25) is 0 Å². The van der Waals surface area contributed by atoms with Crippen molar-refractivity contribution in [1.29, 1.82) is 0 Å². The zero-order valence-corrected chi connectivity index (χ0v) is 23.5. The lowest BCUT2D eigenvalue weighted by Gasteiger charge is -2.43. The first-order valence-electron chi connectivity index (χ1n) is 13.8. The third-order valence-corrected chi connectivity index (χ3v) is 7.83. The van der Waals surface area contributed by atoms with Gasteiger partial charge in [-0.05, 0) is 37.1 Å². The zero-order valence-electron chi connectivity index (χ0n) is 22.8. The van der Waals surface area contributed by atoms with Crippen molar-refractivity contribution in [3.05, 3.63) is 70.7 Å². The first-order chi connectivity index (χ1) is 18.8. The number of morpholine rings is 1. The molecule has 3 fully saturated rings. The highest BCUT2D eigenvalue weighted by molar-refractivity contribution is 6.30. The number of benzene rings is 2. The highest BCUT2D eigenvalue weighted by Crippen LogP contribution is 2.44. The summed E-state index contributed by atoms with van der Waals surface area (Å²) >= 11 is 6.23. The van der Waals surface area contributed by atoms with Crippen molar-refractivity contribution < 1.29 is 28.5 Å². The number of amides is 1. The molecule has 1 aliphatic carbocycles. The molecule has 1 amide bonds. The molecule has 2 aromatic carbocycles. The van der Waals surface area contributed by atoms with Crippen LogP contribution in [-0.2, 0) is 41.7 Å². The lowest BCUT2D eigenvalue weighted by Crippen LogP contribution is -2.60. The summed E-state index contributed by atoms with van der Waals surface area (Å²) < 4.78 is 31.0. The van der Waals surface area contributed by atoms with Crippen LogP contribution in [0, 0.1) is 0 Å². The lowest BCUT2D eigenvalue weighted by molar-refractivity contribution is -0.183. The summed E-state index contributed by atoms with van der Waals surface area (Å²) in [4.78, 5) is 16.3. The van der Waals surface area contributed by atoms with Gasteiger partial charge in [0.05, 0.1) is 38.6 Å². The summed E-state index contributed by atoms with van der Waals surface area (Å²) in [6.45, 7) is 8.89. The first-order valence-corrected chi connectivity index (χ1v) is 14.2. The van der Waals surface area contributed by atoms with Crippen LogP contribution in [0.1, 0.15) is 37.8 Å². The van der Waals surface area contributed by atoms with Crippen LogP contribution >= 0.6 is 11.6 Å². The molecule has 2 aliphatic heterocycles. The molecule has 2 heterocycles. The van der Waals surface area contributed by atoms with Gasteiger partial charge < -0.3 is 29.0 Å². The fraction of sp³-hybridized carbons (Fsp3) is 0.567. The fourth-order valence-corrected chi connectivity index (χ4v) is 5.86. The van der Waals surface area contributed by atoms with Gasteiger partial charge in [-0.15, -0.1) is 0 Å². The van der Waals surface area contributed by atoms with Gasteiger partial charge in [-0.3, -0.25) is 9.69 Å². The largest absolute Gasteiger partial charge is 0.379 e. The van der Waals surface area contributed by atoms with Crippen molar-refractivity contribution in [2.45, 2.75) is 69.6 Å². The summed E-state index contributed by atoms with van der Waals surface area (Å²) in [5, 5.41) is 3.79. The zero-order chi connectivity index (χ0) is 27.3. The molecule has 1 saturated carbocycles. The molecule has 0 bridgehead atoms. The van der Waals surface area contributed by atoms with E-state index in [-0.39, 0.29) is 24.7 Å². The molecule has 0 radical (unpaired) electrons. The second kappa shape index (κ2) is 12.6. The van der Waals surface area contributed by atoms with Crippen LogP contribution < -0.4 is 5.32 Å². The molecule has 0 aromatic heterocycles. The molecule has 2 saturated heterocycles. The van der Waals surface area contributed by atoms with E-state index in [2.05, 4.69) is 10.2 Å². The third kappa shape index (κ3) is 7.38. The molecule has 5 rings (SSSR count). The average molecular weight is 559 g/mol. The van der Waals surface area contributed by atoms with Gasteiger partial charge in [0.1, 0.15) is 6.10 Å². The van der Waals surface area contributed by atoms with E-state index in [1.807, 2.05) is 68.4 Å². The van der Waals surface area contributed by atoms with E-state index in [1.165, 1.54) is 0 Å². The maximum atomic E-state index is 14.0.